The molecule has 1 saturated heterocycles. The minimum absolute atomic E-state index is 0.0624. The van der Waals surface area contributed by atoms with Crippen LogP contribution in [0.3, 0.4) is 0 Å². The molecule has 2 rings (SSSR count). The van der Waals surface area contributed by atoms with Crippen LogP contribution in [0.2, 0.25) is 0 Å². The summed E-state index contributed by atoms with van der Waals surface area (Å²) in [6.07, 6.45) is 1.21. The van der Waals surface area contributed by atoms with Crippen molar-refractivity contribution in [3.8, 4) is 0 Å². The van der Waals surface area contributed by atoms with Gasteiger partial charge in [0.2, 0.25) is 0 Å². The first-order chi connectivity index (χ1) is 10.7. The van der Waals surface area contributed by atoms with E-state index in [0.29, 0.717) is 12.1 Å². The number of benzene rings is 1. The van der Waals surface area contributed by atoms with Crippen molar-refractivity contribution in [3.63, 3.8) is 0 Å². The first kappa shape index (κ1) is 17.9. The highest BCUT2D eigenvalue weighted by Gasteiger charge is 2.33. The number of hydrogen-bond acceptors (Lipinski definition) is 3. The van der Waals surface area contributed by atoms with Gasteiger partial charge in [-0.3, -0.25) is 4.79 Å². The highest BCUT2D eigenvalue weighted by molar-refractivity contribution is 9.09. The molecular weight excluding hydrogens is 365 g/mol. The van der Waals surface area contributed by atoms with Crippen molar-refractivity contribution < 1.29 is 18.7 Å². The number of nitrogens with zero attached hydrogens (tertiary/aromatic N) is 1. The molecule has 1 aliphatic heterocycles. The van der Waals surface area contributed by atoms with Crippen molar-refractivity contribution in [2.24, 2.45) is 0 Å². The third-order valence-electron chi connectivity index (χ3n) is 3.68. The zero-order chi connectivity index (χ0) is 17.2. The molecule has 23 heavy (non-hydrogen) atoms. The Kier molecular flexibility index (Phi) is 5.45. The largest absolute Gasteiger partial charge is 0.444 e. The van der Waals surface area contributed by atoms with Gasteiger partial charge in [-0.25, -0.2) is 9.18 Å². The molecule has 1 aromatic carbocycles. The maximum absolute atomic E-state index is 14.2. The van der Waals surface area contributed by atoms with Crippen molar-refractivity contribution in [1.29, 1.82) is 0 Å². The Morgan fingerprint density at radius 1 is 1.39 bits per heavy atom. The van der Waals surface area contributed by atoms with Crippen LogP contribution >= 0.6 is 15.9 Å². The predicted molar refractivity (Wildman–Crippen MR) is 89.4 cm³/mol. The fraction of sp³-hybridized carbons (Fsp3) is 0.529. The second-order valence-electron chi connectivity index (χ2n) is 6.63. The van der Waals surface area contributed by atoms with Gasteiger partial charge in [-0.15, -0.1) is 0 Å². The van der Waals surface area contributed by atoms with Gasteiger partial charge in [0.15, 0.2) is 5.78 Å². The average Bonchev–Trinajstić information content (AvgIpc) is 2.94. The summed E-state index contributed by atoms with van der Waals surface area (Å²) in [5, 5.41) is 0.0801. The average molecular weight is 386 g/mol. The highest BCUT2D eigenvalue weighted by Crippen LogP contribution is 2.34. The SMILES string of the molecule is CC(C)(C)OC(=O)N1CCCC1c1ccc(C(=O)CBr)c(F)c1. The quantitative estimate of drug-likeness (QED) is 0.569. The second kappa shape index (κ2) is 6.99. The van der Waals surface area contributed by atoms with Crippen molar-refractivity contribution in [2.75, 3.05) is 11.9 Å². The van der Waals surface area contributed by atoms with Crippen molar-refractivity contribution >= 4 is 27.8 Å². The fourth-order valence-corrected chi connectivity index (χ4v) is 2.99. The van der Waals surface area contributed by atoms with E-state index in [2.05, 4.69) is 15.9 Å². The summed E-state index contributed by atoms with van der Waals surface area (Å²) in [6.45, 7) is 6.03. The molecule has 6 heteroatoms. The molecule has 0 spiro atoms. The number of alkyl halides is 1. The molecule has 126 valence electrons. The van der Waals surface area contributed by atoms with Crippen LogP contribution in [-0.4, -0.2) is 34.3 Å². The second-order valence-corrected chi connectivity index (χ2v) is 7.19. The zero-order valence-corrected chi connectivity index (χ0v) is 15.2. The number of rotatable bonds is 3. The van der Waals surface area contributed by atoms with Crippen LogP contribution in [0, 0.1) is 5.82 Å². The standard InChI is InChI=1S/C17H21BrFNO3/c1-17(2,3)23-16(22)20-8-4-5-14(20)11-6-7-12(13(19)9-11)15(21)10-18/h6-7,9,14H,4-5,8,10H2,1-3H3. The molecule has 1 aliphatic rings. The molecule has 1 fully saturated rings. The summed E-state index contributed by atoms with van der Waals surface area (Å²) in [7, 11) is 0. The molecule has 1 amide bonds. The summed E-state index contributed by atoms with van der Waals surface area (Å²) in [4.78, 5) is 25.6. The lowest BCUT2D eigenvalue weighted by molar-refractivity contribution is 0.0224. The van der Waals surface area contributed by atoms with Gasteiger partial charge in [0.1, 0.15) is 11.4 Å². The molecule has 0 bridgehead atoms. The number of carbonyl (C=O) groups excluding carboxylic acids is 2. The summed E-state index contributed by atoms with van der Waals surface area (Å²) < 4.78 is 19.6. The number of carbonyl (C=O) groups is 2. The molecule has 0 radical (unpaired) electrons. The molecule has 1 aromatic rings. The molecule has 0 aromatic heterocycles. The maximum atomic E-state index is 14.2. The monoisotopic (exact) mass is 385 g/mol. The molecule has 1 unspecified atom stereocenters. The van der Waals surface area contributed by atoms with Gasteiger partial charge >= 0.3 is 6.09 Å². The van der Waals surface area contributed by atoms with E-state index in [-0.39, 0.29) is 28.8 Å². The number of ether oxygens (including phenoxy) is 1. The van der Waals surface area contributed by atoms with Crippen molar-refractivity contribution in [2.45, 2.75) is 45.3 Å². The minimum atomic E-state index is -0.568. The van der Waals surface area contributed by atoms with Crippen LogP contribution in [-0.2, 0) is 4.74 Å². The van der Waals surface area contributed by atoms with Crippen LogP contribution in [0.15, 0.2) is 18.2 Å². The van der Waals surface area contributed by atoms with E-state index in [9.17, 15) is 14.0 Å². The van der Waals surface area contributed by atoms with Gasteiger partial charge < -0.3 is 9.64 Å². The van der Waals surface area contributed by atoms with E-state index in [4.69, 9.17) is 4.74 Å². The van der Waals surface area contributed by atoms with Gasteiger partial charge in [-0.1, -0.05) is 22.0 Å². The zero-order valence-electron chi connectivity index (χ0n) is 13.6. The molecule has 0 N–H and O–H groups in total. The van der Waals surface area contributed by atoms with E-state index in [1.165, 1.54) is 12.1 Å². The van der Waals surface area contributed by atoms with E-state index >= 15 is 0 Å². The van der Waals surface area contributed by atoms with Crippen molar-refractivity contribution in [3.05, 3.63) is 35.1 Å². The van der Waals surface area contributed by atoms with E-state index in [1.54, 1.807) is 11.0 Å². The number of amides is 1. The van der Waals surface area contributed by atoms with Gasteiger partial charge in [0.05, 0.1) is 16.9 Å². The lowest BCUT2D eigenvalue weighted by atomic mass is 10.0. The molecule has 0 saturated carbocycles. The predicted octanol–water partition coefficient (Wildman–Crippen LogP) is 4.48. The van der Waals surface area contributed by atoms with E-state index < -0.39 is 11.4 Å². The Labute approximate surface area is 144 Å². The molecule has 0 aliphatic carbocycles. The Morgan fingerprint density at radius 2 is 2.09 bits per heavy atom. The van der Waals surface area contributed by atoms with Gasteiger partial charge in [-0.2, -0.15) is 0 Å². The maximum Gasteiger partial charge on any atom is 0.410 e. The number of ketones is 1. The van der Waals surface area contributed by atoms with Crippen LogP contribution in [0.4, 0.5) is 9.18 Å². The summed E-state index contributed by atoms with van der Waals surface area (Å²) in [5.41, 5.74) is 0.186. The van der Waals surface area contributed by atoms with Gasteiger partial charge in [0.25, 0.3) is 0 Å². The number of hydrogen-bond donors (Lipinski definition) is 0. The first-order valence-corrected chi connectivity index (χ1v) is 8.73. The number of likely N-dealkylation sites (tertiary alicyclic amines) is 1. The fourth-order valence-electron chi connectivity index (χ4n) is 2.69. The Morgan fingerprint density at radius 3 is 2.65 bits per heavy atom. The highest BCUT2D eigenvalue weighted by atomic mass is 79.9. The van der Waals surface area contributed by atoms with Crippen LogP contribution in [0.25, 0.3) is 0 Å². The molecular formula is C17H21BrFNO3. The third kappa shape index (κ3) is 4.31. The summed E-state index contributed by atoms with van der Waals surface area (Å²) in [5.74, 6) is -0.854. The van der Waals surface area contributed by atoms with Crippen LogP contribution < -0.4 is 0 Å². The molecule has 1 heterocycles. The smallest absolute Gasteiger partial charge is 0.410 e. The Balaban J connectivity index is 2.21. The lowest BCUT2D eigenvalue weighted by Crippen LogP contribution is -2.36. The number of halogens is 2. The molecule has 4 nitrogen and oxygen atoms in total. The lowest BCUT2D eigenvalue weighted by Gasteiger charge is -2.29. The molecule has 1 atom stereocenters. The third-order valence-corrected chi connectivity index (χ3v) is 4.19. The summed E-state index contributed by atoms with van der Waals surface area (Å²) in [6, 6.07) is 4.34. The van der Waals surface area contributed by atoms with Crippen LogP contribution in [0.1, 0.15) is 55.6 Å². The normalized spacial score (nSPS) is 18.1. The first-order valence-electron chi connectivity index (χ1n) is 7.61. The van der Waals surface area contributed by atoms with Crippen LogP contribution in [0.5, 0.6) is 0 Å². The number of Topliss-reactive ketones (excluding diaryl/α,β-unsaturated/α-hetero) is 1. The van der Waals surface area contributed by atoms with Crippen molar-refractivity contribution in [1.82, 2.24) is 4.90 Å². The van der Waals surface area contributed by atoms with Gasteiger partial charge in [-0.05, 0) is 51.3 Å². The minimum Gasteiger partial charge on any atom is -0.444 e. The van der Waals surface area contributed by atoms with Gasteiger partial charge in [0, 0.05) is 6.54 Å². The summed E-state index contributed by atoms with van der Waals surface area (Å²) >= 11 is 3.04. The van der Waals surface area contributed by atoms with E-state index in [0.717, 1.165) is 12.8 Å². The topological polar surface area (TPSA) is 46.6 Å². The Bertz CT molecular complexity index is 612. The van der Waals surface area contributed by atoms with E-state index in [1.807, 2.05) is 20.8 Å². The Hall–Kier alpha value is -1.43.